The second-order valence-corrected chi connectivity index (χ2v) is 6.22. The Bertz CT molecular complexity index is 1040. The van der Waals surface area contributed by atoms with Crippen molar-refractivity contribution in [2.24, 2.45) is 10.7 Å². The van der Waals surface area contributed by atoms with Gasteiger partial charge in [0.2, 0.25) is 5.95 Å². The average Bonchev–Trinajstić information content (AvgIpc) is 2.81. The first kappa shape index (κ1) is 14.9. The third-order valence-corrected chi connectivity index (χ3v) is 4.52. The van der Waals surface area contributed by atoms with Gasteiger partial charge >= 0.3 is 0 Å². The van der Waals surface area contributed by atoms with E-state index >= 15 is 0 Å². The number of rotatable bonds is 1. The second-order valence-electron chi connectivity index (χ2n) is 6.22. The molecular formula is C18H17N5O3. The van der Waals surface area contributed by atoms with Gasteiger partial charge < -0.3 is 20.3 Å². The van der Waals surface area contributed by atoms with Crippen molar-refractivity contribution in [1.29, 1.82) is 0 Å². The zero-order valence-corrected chi connectivity index (χ0v) is 13.8. The van der Waals surface area contributed by atoms with Crippen LogP contribution < -0.4 is 20.5 Å². The molecule has 132 valence electrons. The average molecular weight is 351 g/mol. The van der Waals surface area contributed by atoms with Crippen LogP contribution in [0.5, 0.6) is 17.2 Å². The molecule has 0 radical (unpaired) electrons. The highest BCUT2D eigenvalue weighted by atomic mass is 16.5. The zero-order valence-electron chi connectivity index (χ0n) is 13.8. The molecule has 0 amide bonds. The Labute approximate surface area is 148 Å². The van der Waals surface area contributed by atoms with Gasteiger partial charge in [0.25, 0.3) is 0 Å². The van der Waals surface area contributed by atoms with Gasteiger partial charge in [-0.1, -0.05) is 18.2 Å². The molecule has 0 saturated carbocycles. The Morgan fingerprint density at radius 1 is 1.15 bits per heavy atom. The number of hydrogen-bond donors (Lipinski definition) is 3. The number of ether oxygens (including phenoxy) is 2. The van der Waals surface area contributed by atoms with Crippen LogP contribution in [-0.4, -0.2) is 33.8 Å². The maximum absolute atomic E-state index is 10.3. The first-order chi connectivity index (χ1) is 12.7. The molecule has 26 heavy (non-hydrogen) atoms. The maximum Gasteiger partial charge on any atom is 0.212 e. The third kappa shape index (κ3) is 2.22. The van der Waals surface area contributed by atoms with E-state index in [0.717, 1.165) is 17.5 Å². The normalized spacial score (nSPS) is 18.6. The molecule has 0 fully saturated rings. The van der Waals surface area contributed by atoms with Crippen LogP contribution in [0.15, 0.2) is 41.4 Å². The van der Waals surface area contributed by atoms with Crippen molar-refractivity contribution in [3.05, 3.63) is 42.0 Å². The van der Waals surface area contributed by atoms with Crippen molar-refractivity contribution < 1.29 is 14.6 Å². The highest BCUT2D eigenvalue weighted by molar-refractivity contribution is 5.95. The molecule has 2 aliphatic rings. The lowest BCUT2D eigenvalue weighted by Gasteiger charge is -2.24. The summed E-state index contributed by atoms with van der Waals surface area (Å²) in [5.41, 5.74) is 8.15. The lowest BCUT2D eigenvalue weighted by Crippen LogP contribution is -2.31. The van der Waals surface area contributed by atoms with Crippen molar-refractivity contribution in [2.75, 3.05) is 18.5 Å². The molecule has 0 saturated heterocycles. The van der Waals surface area contributed by atoms with Crippen LogP contribution in [0.25, 0.3) is 11.0 Å². The summed E-state index contributed by atoms with van der Waals surface area (Å²) < 4.78 is 13.5. The Morgan fingerprint density at radius 3 is 2.73 bits per heavy atom. The maximum atomic E-state index is 10.3. The molecule has 1 atom stereocenters. The summed E-state index contributed by atoms with van der Waals surface area (Å²) in [6.07, 6.45) is 0.308. The van der Waals surface area contributed by atoms with Crippen molar-refractivity contribution in [3.8, 4) is 17.2 Å². The van der Waals surface area contributed by atoms with Gasteiger partial charge in [-0.3, -0.25) is 9.88 Å². The highest BCUT2D eigenvalue weighted by Gasteiger charge is 2.28. The first-order valence-corrected chi connectivity index (χ1v) is 8.40. The fourth-order valence-electron chi connectivity index (χ4n) is 3.34. The quantitative estimate of drug-likeness (QED) is 0.620. The number of phenolic OH excluding ortho intramolecular Hbond substituents is 1. The van der Waals surface area contributed by atoms with E-state index in [9.17, 15) is 5.11 Å². The number of fused-ring (bicyclic) bond motifs is 4. The van der Waals surface area contributed by atoms with E-state index in [2.05, 4.69) is 15.3 Å². The molecule has 3 heterocycles. The molecule has 4 N–H and O–H groups in total. The monoisotopic (exact) mass is 351 g/mol. The number of anilines is 1. The molecule has 2 aliphatic heterocycles. The van der Waals surface area contributed by atoms with Crippen LogP contribution >= 0.6 is 0 Å². The summed E-state index contributed by atoms with van der Waals surface area (Å²) in [6, 6.07) is 10.8. The van der Waals surface area contributed by atoms with E-state index in [-0.39, 0.29) is 11.7 Å². The number of para-hydroxylation sites is 1. The molecule has 8 nitrogen and oxygen atoms in total. The molecule has 0 bridgehead atoms. The summed E-state index contributed by atoms with van der Waals surface area (Å²) >= 11 is 0. The lowest BCUT2D eigenvalue weighted by atomic mass is 10.1. The largest absolute Gasteiger partial charge is 0.508 e. The highest BCUT2D eigenvalue weighted by Crippen LogP contribution is 2.40. The van der Waals surface area contributed by atoms with E-state index in [1.165, 1.54) is 0 Å². The molecule has 3 aromatic rings. The number of nitrogens with one attached hydrogen (secondary N) is 1. The smallest absolute Gasteiger partial charge is 0.212 e. The van der Waals surface area contributed by atoms with Crippen molar-refractivity contribution >= 4 is 22.9 Å². The van der Waals surface area contributed by atoms with Gasteiger partial charge in [0.1, 0.15) is 5.75 Å². The lowest BCUT2D eigenvalue weighted by molar-refractivity contribution is 0.297. The Balaban J connectivity index is 1.74. The Hall–Kier alpha value is -3.42. The van der Waals surface area contributed by atoms with Crippen LogP contribution in [0.3, 0.4) is 0 Å². The number of aromatic nitrogens is 2. The predicted molar refractivity (Wildman–Crippen MR) is 96.8 cm³/mol. The van der Waals surface area contributed by atoms with Gasteiger partial charge in [-0.05, 0) is 6.07 Å². The van der Waals surface area contributed by atoms with E-state index in [0.29, 0.717) is 36.2 Å². The number of nitrogens with zero attached hydrogens (tertiary/aromatic N) is 3. The predicted octanol–water partition coefficient (Wildman–Crippen LogP) is 2.19. The minimum Gasteiger partial charge on any atom is -0.508 e. The van der Waals surface area contributed by atoms with E-state index < -0.39 is 6.17 Å². The molecule has 0 aliphatic carbocycles. The molecule has 5 rings (SSSR count). The van der Waals surface area contributed by atoms with E-state index in [1.807, 2.05) is 28.8 Å². The van der Waals surface area contributed by atoms with Gasteiger partial charge in [0.05, 0.1) is 24.2 Å². The summed E-state index contributed by atoms with van der Waals surface area (Å²) in [7, 11) is 0. The SMILES string of the molecule is NC1=NC(c2ccccc2O)n2c(nc3cc4c(cc32)OCCCO4)N1. The van der Waals surface area contributed by atoms with Crippen LogP contribution in [0.4, 0.5) is 5.95 Å². The minimum absolute atomic E-state index is 0.151. The van der Waals surface area contributed by atoms with Crippen LogP contribution in [0.2, 0.25) is 0 Å². The molecule has 0 spiro atoms. The molecule has 1 unspecified atom stereocenters. The summed E-state index contributed by atoms with van der Waals surface area (Å²) in [5.74, 6) is 2.31. The van der Waals surface area contributed by atoms with Crippen molar-refractivity contribution in [3.63, 3.8) is 0 Å². The molecule has 2 aromatic carbocycles. The number of benzene rings is 2. The number of guanidine groups is 1. The zero-order chi connectivity index (χ0) is 17.7. The van der Waals surface area contributed by atoms with E-state index in [1.54, 1.807) is 12.1 Å². The van der Waals surface area contributed by atoms with Crippen LogP contribution in [-0.2, 0) is 0 Å². The Morgan fingerprint density at radius 2 is 1.92 bits per heavy atom. The first-order valence-electron chi connectivity index (χ1n) is 8.40. The van der Waals surface area contributed by atoms with Gasteiger partial charge in [0, 0.05) is 24.1 Å². The van der Waals surface area contributed by atoms with Gasteiger partial charge in [0.15, 0.2) is 23.6 Å². The summed E-state index contributed by atoms with van der Waals surface area (Å²) in [6.45, 7) is 1.21. The number of aromatic hydroxyl groups is 1. The van der Waals surface area contributed by atoms with E-state index in [4.69, 9.17) is 15.2 Å². The van der Waals surface area contributed by atoms with Crippen molar-refractivity contribution in [1.82, 2.24) is 9.55 Å². The second kappa shape index (κ2) is 5.55. The minimum atomic E-state index is -0.526. The number of hydrogen-bond acceptors (Lipinski definition) is 7. The molecule has 1 aromatic heterocycles. The Kier molecular flexibility index (Phi) is 3.18. The van der Waals surface area contributed by atoms with Gasteiger partial charge in [-0.15, -0.1) is 0 Å². The van der Waals surface area contributed by atoms with Crippen molar-refractivity contribution in [2.45, 2.75) is 12.6 Å². The van der Waals surface area contributed by atoms with Gasteiger partial charge in [-0.25, -0.2) is 9.98 Å². The number of nitrogens with two attached hydrogens (primary N) is 1. The topological polar surface area (TPSA) is 107 Å². The fourth-order valence-corrected chi connectivity index (χ4v) is 3.34. The third-order valence-electron chi connectivity index (χ3n) is 4.52. The molecule has 8 heteroatoms. The van der Waals surface area contributed by atoms with Gasteiger partial charge in [-0.2, -0.15) is 0 Å². The molecular weight excluding hydrogens is 334 g/mol. The summed E-state index contributed by atoms with van der Waals surface area (Å²) in [4.78, 5) is 9.10. The number of phenols is 1. The number of aliphatic imine (C=N–C) groups is 1. The fraction of sp³-hybridized carbons (Fsp3) is 0.222. The van der Waals surface area contributed by atoms with Crippen LogP contribution in [0, 0.1) is 0 Å². The van der Waals surface area contributed by atoms with Crippen LogP contribution in [0.1, 0.15) is 18.2 Å². The standard InChI is InChI=1S/C18H17N5O3/c19-17-21-16(10-4-1-2-5-13(10)24)23-12-9-15-14(25-6-3-7-26-15)8-11(12)20-18(23)22-17/h1-2,4-5,8-9,16,24H,3,6-7H2,(H3,19,20,21,22). The summed E-state index contributed by atoms with van der Waals surface area (Å²) in [5, 5.41) is 13.3. The number of imidazole rings is 1.